The van der Waals surface area contributed by atoms with Crippen LogP contribution in [0, 0.1) is 12.8 Å². The smallest absolute Gasteiger partial charge is 0.222 e. The molecule has 4 heteroatoms. The maximum absolute atomic E-state index is 5.91. The molecule has 2 aliphatic rings. The molecule has 1 aromatic heterocycles. The molecule has 2 atom stereocenters. The van der Waals surface area contributed by atoms with Crippen LogP contribution in [0.1, 0.15) is 31.7 Å². The van der Waals surface area contributed by atoms with Crippen molar-refractivity contribution in [3.05, 3.63) is 59.5 Å². The third-order valence-electron chi connectivity index (χ3n) is 5.31. The number of nitrogens with one attached hydrogen (secondary N) is 1. The number of hydrogen-bond donors (Lipinski definition) is 2. The van der Waals surface area contributed by atoms with E-state index in [4.69, 9.17) is 5.73 Å². The van der Waals surface area contributed by atoms with Crippen molar-refractivity contribution in [3.8, 4) is 11.1 Å². The summed E-state index contributed by atoms with van der Waals surface area (Å²) in [7, 11) is 0. The normalized spacial score (nSPS) is 22.2. The zero-order chi connectivity index (χ0) is 17.4. The quantitative estimate of drug-likeness (QED) is 0.812. The Labute approximate surface area is 148 Å². The molecular formula is C21H24N4. The van der Waals surface area contributed by atoms with E-state index in [-0.39, 0.29) is 0 Å². The van der Waals surface area contributed by atoms with E-state index in [1.54, 1.807) is 5.57 Å². The zero-order valence-electron chi connectivity index (χ0n) is 14.8. The van der Waals surface area contributed by atoms with Crippen molar-refractivity contribution in [2.45, 2.75) is 39.2 Å². The van der Waals surface area contributed by atoms with Crippen molar-refractivity contribution < 1.29 is 0 Å². The third kappa shape index (κ3) is 3.16. The highest BCUT2D eigenvalue weighted by Crippen LogP contribution is 2.38. The maximum Gasteiger partial charge on any atom is 0.222 e. The third-order valence-corrected chi connectivity index (χ3v) is 5.31. The van der Waals surface area contributed by atoms with E-state index in [0.717, 1.165) is 36.1 Å². The van der Waals surface area contributed by atoms with Crippen molar-refractivity contribution >= 4 is 11.6 Å². The molecule has 0 radical (unpaired) electrons. The van der Waals surface area contributed by atoms with Gasteiger partial charge < -0.3 is 11.1 Å². The van der Waals surface area contributed by atoms with Crippen LogP contribution in [0.15, 0.2) is 53.9 Å². The minimum atomic E-state index is 0.398. The summed E-state index contributed by atoms with van der Waals surface area (Å²) in [5.74, 6) is 1.37. The molecular weight excluding hydrogens is 308 g/mol. The van der Waals surface area contributed by atoms with Crippen LogP contribution in [0.2, 0.25) is 0 Å². The Kier molecular flexibility index (Phi) is 4.04. The second kappa shape index (κ2) is 6.36. The van der Waals surface area contributed by atoms with Crippen molar-refractivity contribution in [1.82, 2.24) is 9.97 Å². The van der Waals surface area contributed by atoms with Crippen LogP contribution < -0.4 is 11.1 Å². The van der Waals surface area contributed by atoms with Gasteiger partial charge in [0.05, 0.1) is 0 Å². The number of nitrogens with zero attached hydrogens (tertiary/aromatic N) is 2. The van der Waals surface area contributed by atoms with Crippen molar-refractivity contribution in [2.75, 3.05) is 11.1 Å². The molecule has 4 nitrogen and oxygen atoms in total. The molecule has 1 unspecified atom stereocenters. The molecule has 4 rings (SSSR count). The van der Waals surface area contributed by atoms with Gasteiger partial charge in [-0.2, -0.15) is 0 Å². The Balaban J connectivity index is 1.47. The van der Waals surface area contributed by atoms with E-state index in [1.165, 1.54) is 11.1 Å². The van der Waals surface area contributed by atoms with Gasteiger partial charge in [-0.05, 0) is 60.9 Å². The van der Waals surface area contributed by atoms with E-state index in [1.807, 2.05) is 30.6 Å². The molecule has 25 heavy (non-hydrogen) atoms. The second-order valence-electron chi connectivity index (χ2n) is 7.21. The number of benzene rings is 1. The number of hydrogen-bond acceptors (Lipinski definition) is 4. The summed E-state index contributed by atoms with van der Waals surface area (Å²) in [6, 6.07) is 6.32. The van der Waals surface area contributed by atoms with Crippen LogP contribution in [0.4, 0.5) is 11.6 Å². The first-order valence-corrected chi connectivity index (χ1v) is 8.93. The number of rotatable bonds is 3. The summed E-state index contributed by atoms with van der Waals surface area (Å²) in [6.07, 6.45) is 11.7. The number of aryl methyl sites for hydroxylation is 1. The average molecular weight is 332 g/mol. The first-order valence-electron chi connectivity index (χ1n) is 8.93. The summed E-state index contributed by atoms with van der Waals surface area (Å²) >= 11 is 0. The van der Waals surface area contributed by atoms with E-state index in [0.29, 0.717) is 17.9 Å². The Morgan fingerprint density at radius 2 is 1.96 bits per heavy atom. The first-order chi connectivity index (χ1) is 12.1. The highest BCUT2D eigenvalue weighted by atomic mass is 15.1. The predicted octanol–water partition coefficient (Wildman–Crippen LogP) is 4.50. The fourth-order valence-electron chi connectivity index (χ4n) is 3.89. The van der Waals surface area contributed by atoms with E-state index in [9.17, 15) is 0 Å². The number of nitrogen functional groups attached to an aromatic ring is 1. The summed E-state index contributed by atoms with van der Waals surface area (Å²) in [6.45, 7) is 4.39. The van der Waals surface area contributed by atoms with Gasteiger partial charge in [0.25, 0.3) is 0 Å². The monoisotopic (exact) mass is 332 g/mol. The van der Waals surface area contributed by atoms with Gasteiger partial charge in [-0.3, -0.25) is 0 Å². The molecule has 0 amide bonds. The predicted molar refractivity (Wildman–Crippen MR) is 103 cm³/mol. The van der Waals surface area contributed by atoms with E-state index >= 15 is 0 Å². The molecule has 2 aromatic rings. The van der Waals surface area contributed by atoms with Crippen molar-refractivity contribution in [2.24, 2.45) is 5.92 Å². The Morgan fingerprint density at radius 3 is 2.72 bits per heavy atom. The maximum atomic E-state index is 5.91. The van der Waals surface area contributed by atoms with Gasteiger partial charge in [-0.15, -0.1) is 0 Å². The fourth-order valence-corrected chi connectivity index (χ4v) is 3.89. The molecule has 0 spiro atoms. The molecule has 1 aromatic carbocycles. The van der Waals surface area contributed by atoms with Gasteiger partial charge in [-0.1, -0.05) is 30.7 Å². The standard InChI is InChI=1S/C21H24N4/c1-13-4-3-5-15-8-18(10-20(13)15)25-21-23-11-16(12-24-21)19-9-17(22)7-6-14(19)2/h3,5-7,9,11-13,18H,4,8,10,22H2,1-2H3,(H,23,24,25)/t13-,18?/m1/s1. The van der Waals surface area contributed by atoms with Crippen LogP contribution in [-0.2, 0) is 0 Å². The lowest BCUT2D eigenvalue weighted by atomic mass is 9.90. The van der Waals surface area contributed by atoms with Crippen LogP contribution in [0.25, 0.3) is 11.1 Å². The average Bonchev–Trinajstić information content (AvgIpc) is 3.02. The summed E-state index contributed by atoms with van der Waals surface area (Å²) in [5.41, 5.74) is 13.0. The number of allylic oxidation sites excluding steroid dienone is 2. The highest BCUT2D eigenvalue weighted by molar-refractivity contribution is 5.69. The lowest BCUT2D eigenvalue weighted by Gasteiger charge is -2.17. The minimum absolute atomic E-state index is 0.398. The lowest BCUT2D eigenvalue weighted by Crippen LogP contribution is -2.18. The summed E-state index contributed by atoms with van der Waals surface area (Å²) in [4.78, 5) is 9.05. The van der Waals surface area contributed by atoms with Gasteiger partial charge in [0.1, 0.15) is 0 Å². The summed E-state index contributed by atoms with van der Waals surface area (Å²) in [5, 5.41) is 3.50. The fraction of sp³-hybridized carbons (Fsp3) is 0.333. The molecule has 0 aliphatic heterocycles. The van der Waals surface area contributed by atoms with Crippen molar-refractivity contribution in [1.29, 1.82) is 0 Å². The van der Waals surface area contributed by atoms with Crippen LogP contribution >= 0.6 is 0 Å². The van der Waals surface area contributed by atoms with Crippen LogP contribution in [0.3, 0.4) is 0 Å². The first kappa shape index (κ1) is 15.9. The number of anilines is 2. The molecule has 0 saturated carbocycles. The van der Waals surface area contributed by atoms with E-state index < -0.39 is 0 Å². The Morgan fingerprint density at radius 1 is 1.16 bits per heavy atom. The van der Waals surface area contributed by atoms with Gasteiger partial charge in [0.15, 0.2) is 0 Å². The molecule has 2 aliphatic carbocycles. The molecule has 3 N–H and O–H groups in total. The van der Waals surface area contributed by atoms with Crippen molar-refractivity contribution in [3.63, 3.8) is 0 Å². The zero-order valence-corrected chi connectivity index (χ0v) is 14.8. The molecule has 0 bridgehead atoms. The van der Waals surface area contributed by atoms with Crippen LogP contribution in [-0.4, -0.2) is 16.0 Å². The molecule has 128 valence electrons. The topological polar surface area (TPSA) is 63.8 Å². The second-order valence-corrected chi connectivity index (χ2v) is 7.21. The van der Waals surface area contributed by atoms with Gasteiger partial charge in [0.2, 0.25) is 5.95 Å². The summed E-state index contributed by atoms with van der Waals surface area (Å²) < 4.78 is 0. The Bertz CT molecular complexity index is 849. The van der Waals surface area contributed by atoms with E-state index in [2.05, 4.69) is 41.3 Å². The highest BCUT2D eigenvalue weighted by Gasteiger charge is 2.27. The molecule has 0 saturated heterocycles. The van der Waals surface area contributed by atoms with Gasteiger partial charge >= 0.3 is 0 Å². The number of nitrogens with two attached hydrogens (primary N) is 1. The number of aromatic nitrogens is 2. The molecule has 1 heterocycles. The lowest BCUT2D eigenvalue weighted by molar-refractivity contribution is 0.643. The van der Waals surface area contributed by atoms with Gasteiger partial charge in [-0.25, -0.2) is 9.97 Å². The largest absolute Gasteiger partial charge is 0.399 e. The Hall–Kier alpha value is -2.62. The van der Waals surface area contributed by atoms with Gasteiger partial charge in [0, 0.05) is 29.7 Å². The molecule has 0 fully saturated rings. The minimum Gasteiger partial charge on any atom is -0.399 e. The SMILES string of the molecule is Cc1ccc(N)cc1-c1cnc(NC2CC3=C(C2)[C@H](C)CC=C3)nc1. The van der Waals surface area contributed by atoms with Crippen LogP contribution in [0.5, 0.6) is 0 Å².